The molecule has 2 amide bonds. The minimum absolute atomic E-state index is 0.303. The predicted octanol–water partition coefficient (Wildman–Crippen LogP) is 1.99. The van der Waals surface area contributed by atoms with Crippen LogP contribution < -0.4 is 16.8 Å². The van der Waals surface area contributed by atoms with Gasteiger partial charge in [0.15, 0.2) is 0 Å². The summed E-state index contributed by atoms with van der Waals surface area (Å²) in [5.74, 6) is 5.27. The molecule has 0 aliphatic carbocycles. The lowest BCUT2D eigenvalue weighted by Crippen LogP contribution is -2.44. The Hall–Kier alpha value is -2.62. The van der Waals surface area contributed by atoms with Gasteiger partial charge in [0.25, 0.3) is 5.91 Å². The Morgan fingerprint density at radius 3 is 2.48 bits per heavy atom. The SMILES string of the molecule is CCCC(NC(=O)c1ccc(C#Cc2ccc(CN)cc2)s1)C(N)=O. The van der Waals surface area contributed by atoms with Crippen molar-refractivity contribution in [3.63, 3.8) is 0 Å². The zero-order valence-corrected chi connectivity index (χ0v) is 14.9. The van der Waals surface area contributed by atoms with Gasteiger partial charge < -0.3 is 16.8 Å². The zero-order chi connectivity index (χ0) is 18.2. The molecule has 0 saturated heterocycles. The lowest BCUT2D eigenvalue weighted by atomic mass is 10.1. The second-order valence-corrected chi connectivity index (χ2v) is 6.62. The maximum absolute atomic E-state index is 12.2. The highest BCUT2D eigenvalue weighted by molar-refractivity contribution is 7.14. The summed E-state index contributed by atoms with van der Waals surface area (Å²) in [4.78, 5) is 24.9. The summed E-state index contributed by atoms with van der Waals surface area (Å²) in [5, 5.41) is 2.67. The van der Waals surface area contributed by atoms with E-state index in [0.717, 1.165) is 22.4 Å². The maximum Gasteiger partial charge on any atom is 0.262 e. The lowest BCUT2D eigenvalue weighted by Gasteiger charge is -2.13. The third-order valence-corrected chi connectivity index (χ3v) is 4.58. The molecule has 0 radical (unpaired) electrons. The van der Waals surface area contributed by atoms with E-state index in [2.05, 4.69) is 17.2 Å². The van der Waals surface area contributed by atoms with E-state index in [9.17, 15) is 9.59 Å². The molecule has 0 fully saturated rings. The van der Waals surface area contributed by atoms with E-state index < -0.39 is 11.9 Å². The summed E-state index contributed by atoms with van der Waals surface area (Å²) in [6, 6.07) is 10.6. The summed E-state index contributed by atoms with van der Waals surface area (Å²) in [7, 11) is 0. The van der Waals surface area contributed by atoms with Crippen molar-refractivity contribution in [1.29, 1.82) is 0 Å². The van der Waals surface area contributed by atoms with Crippen LogP contribution in [-0.4, -0.2) is 17.9 Å². The molecule has 5 N–H and O–H groups in total. The third-order valence-electron chi connectivity index (χ3n) is 3.58. The fourth-order valence-corrected chi connectivity index (χ4v) is 2.95. The first kappa shape index (κ1) is 18.7. The summed E-state index contributed by atoms with van der Waals surface area (Å²) in [6.45, 7) is 2.43. The molecule has 5 nitrogen and oxygen atoms in total. The highest BCUT2D eigenvalue weighted by Gasteiger charge is 2.18. The van der Waals surface area contributed by atoms with Gasteiger partial charge in [0.2, 0.25) is 5.91 Å². The van der Waals surface area contributed by atoms with Gasteiger partial charge in [-0.3, -0.25) is 9.59 Å². The van der Waals surface area contributed by atoms with Crippen LogP contribution in [0.25, 0.3) is 0 Å². The monoisotopic (exact) mass is 355 g/mol. The summed E-state index contributed by atoms with van der Waals surface area (Å²) in [5.41, 5.74) is 12.8. The number of amides is 2. The third kappa shape index (κ3) is 5.45. The van der Waals surface area contributed by atoms with Crippen LogP contribution in [0.5, 0.6) is 0 Å². The van der Waals surface area contributed by atoms with Crippen LogP contribution in [0.15, 0.2) is 36.4 Å². The molecule has 6 heteroatoms. The molecule has 1 heterocycles. The predicted molar refractivity (Wildman–Crippen MR) is 100.0 cm³/mol. The first-order valence-electron chi connectivity index (χ1n) is 8.04. The van der Waals surface area contributed by atoms with E-state index in [1.807, 2.05) is 31.2 Å². The van der Waals surface area contributed by atoms with Gasteiger partial charge in [0.05, 0.1) is 9.75 Å². The summed E-state index contributed by atoms with van der Waals surface area (Å²) in [6.07, 6.45) is 1.29. The van der Waals surface area contributed by atoms with Crippen molar-refractivity contribution in [1.82, 2.24) is 5.32 Å². The van der Waals surface area contributed by atoms with Crippen molar-refractivity contribution in [2.75, 3.05) is 0 Å². The van der Waals surface area contributed by atoms with Gasteiger partial charge in [-0.05, 0) is 36.2 Å². The maximum atomic E-state index is 12.2. The molecular formula is C19H21N3O2S. The van der Waals surface area contributed by atoms with E-state index in [-0.39, 0.29) is 5.91 Å². The number of hydrogen-bond acceptors (Lipinski definition) is 4. The number of carbonyl (C=O) groups is 2. The molecule has 25 heavy (non-hydrogen) atoms. The Kier molecular flexibility index (Phi) is 6.75. The molecule has 1 atom stereocenters. The standard InChI is InChI=1S/C19H21N3O2S/c1-2-3-16(18(21)23)22-19(24)17-11-10-15(25-17)9-8-13-4-6-14(12-20)7-5-13/h4-7,10-11,16H,2-3,12,20H2,1H3,(H2,21,23)(H,22,24). The minimum Gasteiger partial charge on any atom is -0.368 e. The van der Waals surface area contributed by atoms with E-state index >= 15 is 0 Å². The largest absolute Gasteiger partial charge is 0.368 e. The molecule has 130 valence electrons. The van der Waals surface area contributed by atoms with Crippen LogP contribution in [0.3, 0.4) is 0 Å². The van der Waals surface area contributed by atoms with Crippen LogP contribution >= 0.6 is 11.3 Å². The van der Waals surface area contributed by atoms with Crippen LogP contribution in [0.1, 0.15) is 45.4 Å². The van der Waals surface area contributed by atoms with Crippen molar-refractivity contribution >= 4 is 23.2 Å². The van der Waals surface area contributed by atoms with Crippen molar-refractivity contribution in [3.8, 4) is 11.8 Å². The minimum atomic E-state index is -0.643. The Morgan fingerprint density at radius 1 is 1.16 bits per heavy atom. The second-order valence-electron chi connectivity index (χ2n) is 5.53. The highest BCUT2D eigenvalue weighted by Crippen LogP contribution is 2.16. The number of hydrogen-bond donors (Lipinski definition) is 3. The van der Waals surface area contributed by atoms with Crippen LogP contribution in [0, 0.1) is 11.8 Å². The fourth-order valence-electron chi connectivity index (χ4n) is 2.19. The van der Waals surface area contributed by atoms with Crippen LogP contribution in [0.4, 0.5) is 0 Å². The lowest BCUT2D eigenvalue weighted by molar-refractivity contribution is -0.120. The normalized spacial score (nSPS) is 11.3. The number of primary amides is 1. The Balaban J connectivity index is 2.05. The molecule has 1 aromatic carbocycles. The Labute approximate surface area is 151 Å². The van der Waals surface area contributed by atoms with Crippen molar-refractivity contribution in [2.45, 2.75) is 32.4 Å². The van der Waals surface area contributed by atoms with Crippen LogP contribution in [-0.2, 0) is 11.3 Å². The van der Waals surface area contributed by atoms with E-state index in [0.29, 0.717) is 17.8 Å². The molecule has 0 spiro atoms. The number of rotatable bonds is 6. The first-order valence-corrected chi connectivity index (χ1v) is 8.86. The van der Waals surface area contributed by atoms with Crippen molar-refractivity contribution in [3.05, 3.63) is 57.3 Å². The summed E-state index contributed by atoms with van der Waals surface area (Å²) < 4.78 is 0. The number of nitrogens with one attached hydrogen (secondary N) is 1. The van der Waals surface area contributed by atoms with Gasteiger partial charge in [-0.2, -0.15) is 0 Å². The smallest absolute Gasteiger partial charge is 0.262 e. The van der Waals surface area contributed by atoms with Gasteiger partial charge in [-0.1, -0.05) is 37.3 Å². The Bertz CT molecular complexity index is 800. The zero-order valence-electron chi connectivity index (χ0n) is 14.0. The second kappa shape index (κ2) is 9.02. The van der Waals surface area contributed by atoms with E-state index in [1.165, 1.54) is 11.3 Å². The quantitative estimate of drug-likeness (QED) is 0.691. The van der Waals surface area contributed by atoms with Crippen molar-refractivity contribution < 1.29 is 9.59 Å². The Morgan fingerprint density at radius 2 is 1.88 bits per heavy atom. The van der Waals surface area contributed by atoms with Gasteiger partial charge in [-0.25, -0.2) is 0 Å². The average Bonchev–Trinajstić information content (AvgIpc) is 3.09. The van der Waals surface area contributed by atoms with Gasteiger partial charge in [0.1, 0.15) is 6.04 Å². The number of carbonyl (C=O) groups excluding carboxylic acids is 2. The van der Waals surface area contributed by atoms with E-state index in [1.54, 1.807) is 12.1 Å². The topological polar surface area (TPSA) is 98.2 Å². The molecule has 2 rings (SSSR count). The van der Waals surface area contributed by atoms with Gasteiger partial charge in [0, 0.05) is 12.1 Å². The average molecular weight is 355 g/mol. The van der Waals surface area contributed by atoms with E-state index in [4.69, 9.17) is 11.5 Å². The fraction of sp³-hybridized carbons (Fsp3) is 0.263. The van der Waals surface area contributed by atoms with Crippen molar-refractivity contribution in [2.24, 2.45) is 11.5 Å². The molecule has 0 bridgehead atoms. The number of thiophene rings is 1. The molecule has 0 aliphatic heterocycles. The number of benzene rings is 1. The molecule has 0 saturated carbocycles. The van der Waals surface area contributed by atoms with Crippen LogP contribution in [0.2, 0.25) is 0 Å². The molecule has 1 unspecified atom stereocenters. The molecule has 0 aliphatic rings. The molecule has 2 aromatic rings. The molecule has 1 aromatic heterocycles. The van der Waals surface area contributed by atoms with Gasteiger partial charge >= 0.3 is 0 Å². The van der Waals surface area contributed by atoms with Gasteiger partial charge in [-0.15, -0.1) is 11.3 Å². The summed E-state index contributed by atoms with van der Waals surface area (Å²) >= 11 is 1.28. The highest BCUT2D eigenvalue weighted by atomic mass is 32.1. The number of nitrogens with two attached hydrogens (primary N) is 2. The molecular weight excluding hydrogens is 334 g/mol. The first-order chi connectivity index (χ1) is 12.0.